The molecule has 0 heterocycles. The average Bonchev–Trinajstić information content (AvgIpc) is 2.66. The summed E-state index contributed by atoms with van der Waals surface area (Å²) in [5.41, 5.74) is 4.55. The van der Waals surface area contributed by atoms with Gasteiger partial charge in [-0.15, -0.1) is 0 Å². The Morgan fingerprint density at radius 3 is 2.22 bits per heavy atom. The Bertz CT molecular complexity index is 766. The molecular weight excluding hydrogens is 338 g/mol. The highest BCUT2D eigenvalue weighted by molar-refractivity contribution is 5.76. The van der Waals surface area contributed by atoms with Crippen LogP contribution in [0.4, 0.5) is 0 Å². The minimum Gasteiger partial charge on any atom is -0.497 e. The standard InChI is InChI=1S/C23H31NO3/c1-15(2)20-14-21(16(3)13-22(20)27-6)17(4)24-23(25)12-9-18-7-10-19(26-5)11-8-18/h7-8,10-11,13-15,17H,9,12H2,1-6H3,(H,24,25). The van der Waals surface area contributed by atoms with Crippen molar-refractivity contribution in [1.29, 1.82) is 0 Å². The molecule has 0 radical (unpaired) electrons. The molecule has 0 aromatic heterocycles. The summed E-state index contributed by atoms with van der Waals surface area (Å²) in [6.07, 6.45) is 1.17. The zero-order chi connectivity index (χ0) is 20.0. The van der Waals surface area contributed by atoms with Gasteiger partial charge in [-0.25, -0.2) is 0 Å². The van der Waals surface area contributed by atoms with Crippen LogP contribution in [0.25, 0.3) is 0 Å². The second-order valence-corrected chi connectivity index (χ2v) is 7.24. The summed E-state index contributed by atoms with van der Waals surface area (Å²) in [5.74, 6) is 2.15. The third kappa shape index (κ3) is 5.49. The molecule has 4 nitrogen and oxygen atoms in total. The average molecular weight is 370 g/mol. The van der Waals surface area contributed by atoms with E-state index in [-0.39, 0.29) is 11.9 Å². The van der Waals surface area contributed by atoms with Crippen LogP contribution in [0.2, 0.25) is 0 Å². The van der Waals surface area contributed by atoms with E-state index in [0.29, 0.717) is 18.8 Å². The van der Waals surface area contributed by atoms with Gasteiger partial charge in [0.15, 0.2) is 0 Å². The number of carbonyl (C=O) groups is 1. The molecule has 4 heteroatoms. The van der Waals surface area contributed by atoms with Crippen LogP contribution in [0.1, 0.15) is 61.4 Å². The van der Waals surface area contributed by atoms with Crippen molar-refractivity contribution in [3.63, 3.8) is 0 Å². The maximum atomic E-state index is 12.4. The lowest BCUT2D eigenvalue weighted by Gasteiger charge is -2.21. The number of aryl methyl sites for hydroxylation is 2. The Morgan fingerprint density at radius 1 is 1.00 bits per heavy atom. The summed E-state index contributed by atoms with van der Waals surface area (Å²) < 4.78 is 10.7. The van der Waals surface area contributed by atoms with Crippen molar-refractivity contribution in [1.82, 2.24) is 5.32 Å². The van der Waals surface area contributed by atoms with Crippen molar-refractivity contribution in [3.05, 3.63) is 58.7 Å². The molecule has 1 amide bonds. The van der Waals surface area contributed by atoms with Crippen molar-refractivity contribution in [3.8, 4) is 11.5 Å². The predicted octanol–water partition coefficient (Wildman–Crippen LogP) is 4.95. The van der Waals surface area contributed by atoms with Gasteiger partial charge in [-0.1, -0.05) is 26.0 Å². The van der Waals surface area contributed by atoms with Gasteiger partial charge in [0.2, 0.25) is 5.91 Å². The molecule has 0 aliphatic carbocycles. The highest BCUT2D eigenvalue weighted by atomic mass is 16.5. The summed E-state index contributed by atoms with van der Waals surface area (Å²) in [7, 11) is 3.35. The third-order valence-electron chi connectivity index (χ3n) is 4.88. The molecule has 0 spiro atoms. The minimum absolute atomic E-state index is 0.0447. The maximum Gasteiger partial charge on any atom is 0.220 e. The highest BCUT2D eigenvalue weighted by Gasteiger charge is 2.16. The largest absolute Gasteiger partial charge is 0.497 e. The number of nitrogens with one attached hydrogen (secondary N) is 1. The van der Waals surface area contributed by atoms with E-state index < -0.39 is 0 Å². The van der Waals surface area contributed by atoms with E-state index in [0.717, 1.165) is 33.8 Å². The Kier molecular flexibility index (Phi) is 7.28. The Balaban J connectivity index is 2.01. The van der Waals surface area contributed by atoms with Crippen molar-refractivity contribution >= 4 is 5.91 Å². The van der Waals surface area contributed by atoms with Crippen LogP contribution < -0.4 is 14.8 Å². The van der Waals surface area contributed by atoms with Gasteiger partial charge >= 0.3 is 0 Å². The topological polar surface area (TPSA) is 47.6 Å². The van der Waals surface area contributed by atoms with E-state index in [9.17, 15) is 4.79 Å². The summed E-state index contributed by atoms with van der Waals surface area (Å²) in [5, 5.41) is 3.13. The Labute approximate surface area is 162 Å². The van der Waals surface area contributed by atoms with Crippen molar-refractivity contribution in [2.75, 3.05) is 14.2 Å². The van der Waals surface area contributed by atoms with Gasteiger partial charge in [-0.3, -0.25) is 4.79 Å². The van der Waals surface area contributed by atoms with E-state index in [1.165, 1.54) is 0 Å². The Hall–Kier alpha value is -2.49. The monoisotopic (exact) mass is 369 g/mol. The molecule has 1 unspecified atom stereocenters. The van der Waals surface area contributed by atoms with Crippen LogP contribution in [0, 0.1) is 6.92 Å². The normalized spacial score (nSPS) is 12.0. The van der Waals surface area contributed by atoms with Crippen molar-refractivity contribution in [2.45, 2.75) is 52.5 Å². The SMILES string of the molecule is COc1ccc(CCC(=O)NC(C)c2cc(C(C)C)c(OC)cc2C)cc1. The lowest BCUT2D eigenvalue weighted by Crippen LogP contribution is -2.27. The van der Waals surface area contributed by atoms with Gasteiger partial charge in [0, 0.05) is 6.42 Å². The molecule has 2 rings (SSSR count). The van der Waals surface area contributed by atoms with Crippen LogP contribution in [0.5, 0.6) is 11.5 Å². The van der Waals surface area contributed by atoms with Gasteiger partial charge < -0.3 is 14.8 Å². The number of hydrogen-bond acceptors (Lipinski definition) is 3. The number of rotatable bonds is 8. The summed E-state index contributed by atoms with van der Waals surface area (Å²) in [4.78, 5) is 12.4. The molecule has 0 aliphatic rings. The highest BCUT2D eigenvalue weighted by Crippen LogP contribution is 2.32. The molecule has 2 aromatic carbocycles. The van der Waals surface area contributed by atoms with Gasteiger partial charge in [0.05, 0.1) is 20.3 Å². The molecule has 0 saturated carbocycles. The first-order valence-electron chi connectivity index (χ1n) is 9.46. The smallest absolute Gasteiger partial charge is 0.220 e. The van der Waals surface area contributed by atoms with Crippen molar-refractivity contribution in [2.24, 2.45) is 0 Å². The second kappa shape index (κ2) is 9.45. The first-order valence-corrected chi connectivity index (χ1v) is 9.46. The van der Waals surface area contributed by atoms with E-state index in [1.807, 2.05) is 31.2 Å². The predicted molar refractivity (Wildman–Crippen MR) is 110 cm³/mol. The molecular formula is C23H31NO3. The van der Waals surface area contributed by atoms with Gasteiger partial charge in [0.25, 0.3) is 0 Å². The fourth-order valence-electron chi connectivity index (χ4n) is 3.25. The minimum atomic E-state index is -0.0447. The quantitative estimate of drug-likeness (QED) is 0.716. The van der Waals surface area contributed by atoms with E-state index in [4.69, 9.17) is 9.47 Å². The number of ether oxygens (including phenoxy) is 2. The van der Waals surface area contributed by atoms with E-state index in [1.54, 1.807) is 14.2 Å². The molecule has 0 saturated heterocycles. The first kappa shape index (κ1) is 20.8. The lowest BCUT2D eigenvalue weighted by atomic mass is 9.93. The number of hydrogen-bond donors (Lipinski definition) is 1. The van der Waals surface area contributed by atoms with E-state index >= 15 is 0 Å². The molecule has 1 N–H and O–H groups in total. The maximum absolute atomic E-state index is 12.4. The summed E-state index contributed by atoms with van der Waals surface area (Å²) in [6, 6.07) is 12.0. The van der Waals surface area contributed by atoms with Crippen molar-refractivity contribution < 1.29 is 14.3 Å². The number of benzene rings is 2. The number of carbonyl (C=O) groups excluding carboxylic acids is 1. The van der Waals surface area contributed by atoms with Gasteiger partial charge in [0.1, 0.15) is 11.5 Å². The molecule has 27 heavy (non-hydrogen) atoms. The lowest BCUT2D eigenvalue weighted by molar-refractivity contribution is -0.121. The molecule has 2 aromatic rings. The summed E-state index contributed by atoms with van der Waals surface area (Å²) in [6.45, 7) is 8.39. The number of methoxy groups -OCH3 is 2. The summed E-state index contributed by atoms with van der Waals surface area (Å²) >= 11 is 0. The molecule has 0 aliphatic heterocycles. The van der Waals surface area contributed by atoms with Gasteiger partial charge in [-0.05, 0) is 72.7 Å². The second-order valence-electron chi connectivity index (χ2n) is 7.24. The Morgan fingerprint density at radius 2 is 1.67 bits per heavy atom. The molecule has 0 fully saturated rings. The number of amides is 1. The van der Waals surface area contributed by atoms with Crippen LogP contribution >= 0.6 is 0 Å². The zero-order valence-electron chi connectivity index (χ0n) is 17.3. The van der Waals surface area contributed by atoms with Crippen LogP contribution in [-0.4, -0.2) is 20.1 Å². The fourth-order valence-corrected chi connectivity index (χ4v) is 3.25. The molecule has 0 bridgehead atoms. The fraction of sp³-hybridized carbons (Fsp3) is 0.435. The van der Waals surface area contributed by atoms with Crippen LogP contribution in [0.15, 0.2) is 36.4 Å². The van der Waals surface area contributed by atoms with Crippen LogP contribution in [0.3, 0.4) is 0 Å². The van der Waals surface area contributed by atoms with Gasteiger partial charge in [-0.2, -0.15) is 0 Å². The van der Waals surface area contributed by atoms with Crippen LogP contribution in [-0.2, 0) is 11.2 Å². The molecule has 146 valence electrons. The third-order valence-corrected chi connectivity index (χ3v) is 4.88. The molecule has 1 atom stereocenters. The first-order chi connectivity index (χ1) is 12.8. The van der Waals surface area contributed by atoms with E-state index in [2.05, 4.69) is 38.2 Å². The zero-order valence-corrected chi connectivity index (χ0v) is 17.3.